The van der Waals surface area contributed by atoms with Gasteiger partial charge in [0.05, 0.1) is 41.6 Å². The van der Waals surface area contributed by atoms with Gasteiger partial charge in [-0.05, 0) is 24.6 Å². The number of sulfonamides is 1. The highest BCUT2D eigenvalue weighted by Gasteiger charge is 2.19. The van der Waals surface area contributed by atoms with Gasteiger partial charge in [0, 0.05) is 12.3 Å². The van der Waals surface area contributed by atoms with E-state index in [-0.39, 0.29) is 60.3 Å². The molecule has 144 valence electrons. The Morgan fingerprint density at radius 1 is 1.08 bits per heavy atom. The highest BCUT2D eigenvalue weighted by molar-refractivity contribution is 8.24. The van der Waals surface area contributed by atoms with Gasteiger partial charge < -0.3 is 9.84 Å². The molecule has 0 fully saturated rings. The van der Waals surface area contributed by atoms with Gasteiger partial charge in [0.15, 0.2) is 0 Å². The Hall–Kier alpha value is -1.70. The van der Waals surface area contributed by atoms with Gasteiger partial charge in [0.25, 0.3) is 0 Å². The molecule has 0 aromatic heterocycles. The second-order valence-electron chi connectivity index (χ2n) is 5.20. The molecule has 0 radical (unpaired) electrons. The summed E-state index contributed by atoms with van der Waals surface area (Å²) in [6.07, 6.45) is -0.00292. The molecule has 0 bridgehead atoms. The average Bonchev–Trinajstić information content (AvgIpc) is 2.60. The largest absolute Gasteiger partial charge is 0.394 e. The minimum Gasteiger partial charge on any atom is -0.394 e. The van der Waals surface area contributed by atoms with Crippen molar-refractivity contribution in [3.05, 3.63) is 29.3 Å². The van der Waals surface area contributed by atoms with Gasteiger partial charge in [-0.1, -0.05) is 0 Å². The summed E-state index contributed by atoms with van der Waals surface area (Å²) in [6.45, 7) is 0.155. The number of rotatable bonds is 11. The molecule has 4 N–H and O–H groups in total. The Balaban J connectivity index is 2.58. The van der Waals surface area contributed by atoms with E-state index >= 15 is 0 Å². The highest BCUT2D eigenvalue weighted by atomic mass is 32.3. The number of nitriles is 2. The van der Waals surface area contributed by atoms with Crippen LogP contribution in [0.4, 0.5) is 0 Å². The topological polar surface area (TPSA) is 164 Å². The van der Waals surface area contributed by atoms with Gasteiger partial charge >= 0.3 is 0 Å². The molecule has 0 unspecified atom stereocenters. The lowest BCUT2D eigenvalue weighted by Gasteiger charge is -2.32. The fourth-order valence-electron chi connectivity index (χ4n) is 1.99. The zero-order valence-electron chi connectivity index (χ0n) is 14.0. The van der Waals surface area contributed by atoms with Crippen molar-refractivity contribution in [2.75, 3.05) is 37.9 Å². The van der Waals surface area contributed by atoms with Gasteiger partial charge in [-0.3, -0.25) is 9.11 Å². The molecule has 0 aliphatic carbocycles. The Morgan fingerprint density at radius 2 is 1.77 bits per heavy atom. The number of hydrogen-bond acceptors (Lipinski definition) is 8. The minimum absolute atomic E-state index is 0.00292. The van der Waals surface area contributed by atoms with E-state index in [2.05, 4.69) is 4.72 Å². The van der Waals surface area contributed by atoms with Crippen molar-refractivity contribution in [3.63, 3.8) is 0 Å². The number of nitrogens with zero attached hydrogens (tertiary/aromatic N) is 2. The van der Waals surface area contributed by atoms with E-state index in [0.29, 0.717) is 0 Å². The summed E-state index contributed by atoms with van der Waals surface area (Å²) >= 11 is 0. The number of hydrogen-bond donors (Lipinski definition) is 4. The summed E-state index contributed by atoms with van der Waals surface area (Å²) < 4.78 is 51.3. The van der Waals surface area contributed by atoms with Crippen LogP contribution in [-0.4, -0.2) is 60.5 Å². The van der Waals surface area contributed by atoms with E-state index in [1.807, 2.05) is 12.1 Å². The van der Waals surface area contributed by atoms with Crippen LogP contribution in [0, 0.1) is 22.7 Å². The maximum absolute atomic E-state index is 11.8. The van der Waals surface area contributed by atoms with Crippen molar-refractivity contribution in [1.82, 2.24) is 4.72 Å². The number of aliphatic hydroxyl groups excluding tert-OH is 1. The molecule has 1 aromatic rings. The summed E-state index contributed by atoms with van der Waals surface area (Å²) in [5.74, 6) is -0.490. The first-order valence-corrected chi connectivity index (χ1v) is 11.0. The first-order valence-electron chi connectivity index (χ1n) is 7.62. The second kappa shape index (κ2) is 10.4. The van der Waals surface area contributed by atoms with Crippen molar-refractivity contribution < 1.29 is 27.4 Å². The summed E-state index contributed by atoms with van der Waals surface area (Å²) in [7, 11) is -6.87. The maximum Gasteiger partial charge on any atom is 0.211 e. The third-order valence-corrected chi connectivity index (χ3v) is 6.59. The summed E-state index contributed by atoms with van der Waals surface area (Å²) in [6, 6.07) is 7.55. The molecule has 0 amide bonds. The summed E-state index contributed by atoms with van der Waals surface area (Å²) in [5, 5.41) is 26.4. The quantitative estimate of drug-likeness (QED) is 0.395. The van der Waals surface area contributed by atoms with E-state index in [1.165, 1.54) is 18.2 Å². The molecule has 26 heavy (non-hydrogen) atoms. The maximum atomic E-state index is 11.8. The Kier molecular flexibility index (Phi) is 8.98. The minimum atomic E-state index is -3.59. The number of benzene rings is 1. The second-order valence-corrected chi connectivity index (χ2v) is 9.34. The fourth-order valence-corrected chi connectivity index (χ4v) is 4.61. The Bertz CT molecular complexity index is 784. The van der Waals surface area contributed by atoms with Crippen molar-refractivity contribution >= 4 is 20.6 Å². The number of ether oxygens (including phenoxy) is 1. The molecule has 0 aliphatic heterocycles. The predicted molar refractivity (Wildman–Crippen MR) is 96.2 cm³/mol. The van der Waals surface area contributed by atoms with Crippen LogP contribution in [0.5, 0.6) is 0 Å². The van der Waals surface area contributed by atoms with Gasteiger partial charge in [0.1, 0.15) is 12.1 Å². The van der Waals surface area contributed by atoms with Crippen LogP contribution < -0.4 is 4.72 Å². The zero-order chi connectivity index (χ0) is 19.6. The average molecular weight is 403 g/mol. The normalized spacial score (nSPS) is 12.3. The summed E-state index contributed by atoms with van der Waals surface area (Å²) in [5.41, 5.74) is 0.156. The Morgan fingerprint density at radius 3 is 2.38 bits per heavy atom. The van der Waals surface area contributed by atoms with Crippen LogP contribution in [0.2, 0.25) is 0 Å². The summed E-state index contributed by atoms with van der Waals surface area (Å²) in [4.78, 5) is 0.0933. The monoisotopic (exact) mass is 403 g/mol. The third-order valence-electron chi connectivity index (χ3n) is 3.26. The molecule has 0 atom stereocenters. The molecule has 0 heterocycles. The van der Waals surface area contributed by atoms with Crippen LogP contribution in [-0.2, 0) is 14.8 Å². The van der Waals surface area contributed by atoms with Gasteiger partial charge in [0.2, 0.25) is 10.0 Å². The molecule has 0 spiro atoms. The van der Waals surface area contributed by atoms with Gasteiger partial charge in [-0.2, -0.15) is 21.1 Å². The molecular formula is C15H21N3O6S2. The molecule has 1 rings (SSSR count). The van der Waals surface area contributed by atoms with E-state index in [4.69, 9.17) is 20.4 Å². The lowest BCUT2D eigenvalue weighted by molar-refractivity contribution is 0.0961. The first-order chi connectivity index (χ1) is 12.3. The third kappa shape index (κ3) is 7.27. The molecule has 0 aliphatic rings. The zero-order valence-corrected chi connectivity index (χ0v) is 15.6. The van der Waals surface area contributed by atoms with Crippen LogP contribution in [0.25, 0.3) is 0 Å². The van der Waals surface area contributed by atoms with Crippen molar-refractivity contribution in [2.24, 2.45) is 0 Å². The molecule has 9 nitrogen and oxygen atoms in total. The first kappa shape index (κ1) is 22.3. The van der Waals surface area contributed by atoms with Crippen LogP contribution >= 0.6 is 10.6 Å². The van der Waals surface area contributed by atoms with E-state index in [9.17, 15) is 17.5 Å². The van der Waals surface area contributed by atoms with Crippen LogP contribution in [0.15, 0.2) is 23.1 Å². The standard InChI is InChI=1S/C15H21N3O6S2/c16-11-13-2-3-15(10-14(13)12-17)25(20,21)8-1-9-26(22,23)18-4-6-24-7-5-19/h2-3,10,18-21H,1,4-9H2. The van der Waals surface area contributed by atoms with Crippen LogP contribution in [0.1, 0.15) is 17.5 Å². The smallest absolute Gasteiger partial charge is 0.211 e. The lowest BCUT2D eigenvalue weighted by atomic mass is 10.1. The molecule has 1 aromatic carbocycles. The van der Waals surface area contributed by atoms with Gasteiger partial charge in [-0.15, -0.1) is 0 Å². The lowest BCUT2D eigenvalue weighted by Crippen LogP contribution is -2.30. The van der Waals surface area contributed by atoms with Crippen molar-refractivity contribution in [1.29, 1.82) is 10.5 Å². The SMILES string of the molecule is N#Cc1ccc(S(O)(O)CCCS(=O)(=O)NCCOCCO)cc1C#N. The van der Waals surface area contributed by atoms with Crippen molar-refractivity contribution in [3.8, 4) is 12.1 Å². The molecule has 0 saturated carbocycles. The molecule has 0 saturated heterocycles. The Labute approximate surface area is 154 Å². The highest BCUT2D eigenvalue weighted by Crippen LogP contribution is 2.48. The number of nitrogens with one attached hydrogen (secondary N) is 1. The van der Waals surface area contributed by atoms with E-state index < -0.39 is 20.6 Å². The van der Waals surface area contributed by atoms with E-state index in [1.54, 1.807) is 0 Å². The predicted octanol–water partition coefficient (Wildman–Crippen LogP) is 0.858. The molecule has 11 heteroatoms. The van der Waals surface area contributed by atoms with Gasteiger partial charge in [-0.25, -0.2) is 13.1 Å². The molecular weight excluding hydrogens is 382 g/mol. The number of aliphatic hydroxyl groups is 1. The fraction of sp³-hybridized carbons (Fsp3) is 0.467. The van der Waals surface area contributed by atoms with Crippen molar-refractivity contribution in [2.45, 2.75) is 11.3 Å². The van der Waals surface area contributed by atoms with E-state index in [0.717, 1.165) is 0 Å². The van der Waals surface area contributed by atoms with Crippen LogP contribution in [0.3, 0.4) is 0 Å².